The number of carbonyl (C=O) groups excluding carboxylic acids is 2. The summed E-state index contributed by atoms with van der Waals surface area (Å²) in [5, 5.41) is 3.54. The molecule has 3 aromatic rings. The van der Waals surface area contributed by atoms with E-state index in [1.165, 1.54) is 13.0 Å². The second-order valence-electron chi connectivity index (χ2n) is 7.02. The molecule has 0 aliphatic heterocycles. The maximum absolute atomic E-state index is 12.3. The lowest BCUT2D eigenvalue weighted by molar-refractivity contribution is -0.128. The first-order chi connectivity index (χ1) is 13.8. The van der Waals surface area contributed by atoms with Crippen LogP contribution in [0.3, 0.4) is 0 Å². The van der Waals surface area contributed by atoms with Gasteiger partial charge in [0.2, 0.25) is 0 Å². The molecule has 1 amide bonds. The molecule has 6 heteroatoms. The molecule has 0 unspecified atom stereocenters. The lowest BCUT2D eigenvalue weighted by Gasteiger charge is -2.17. The second-order valence-corrected chi connectivity index (χ2v) is 7.02. The molecule has 0 radical (unpaired) electrons. The van der Waals surface area contributed by atoms with Crippen LogP contribution >= 0.6 is 0 Å². The molecular weight excluding hydrogens is 370 g/mol. The topological polar surface area (TPSA) is 85.6 Å². The van der Waals surface area contributed by atoms with Crippen molar-refractivity contribution in [2.24, 2.45) is 0 Å². The van der Waals surface area contributed by atoms with Gasteiger partial charge in [0.15, 0.2) is 12.4 Å². The summed E-state index contributed by atoms with van der Waals surface area (Å²) >= 11 is 0. The van der Waals surface area contributed by atoms with Crippen LogP contribution in [0.15, 0.2) is 57.7 Å². The SMILES string of the molecule is CC(=O)[C@@H](Cc1ccccc1)NC(=O)COc1ccc2c(C)cc(=O)oc2c1C. The Kier molecular flexibility index (Phi) is 6.12. The molecule has 0 saturated carbocycles. The molecule has 150 valence electrons. The quantitative estimate of drug-likeness (QED) is 0.624. The standard InChI is InChI=1S/C23H23NO5/c1-14-11-22(27)29-23-15(2)20(10-9-18(14)23)28-13-21(26)24-19(16(3)25)12-17-7-5-4-6-8-17/h4-11,19H,12-13H2,1-3H3,(H,24,26)/t19-/m1/s1. The van der Waals surface area contributed by atoms with E-state index in [0.29, 0.717) is 23.3 Å². The van der Waals surface area contributed by atoms with E-state index in [0.717, 1.165) is 16.5 Å². The fourth-order valence-corrected chi connectivity index (χ4v) is 3.18. The number of hydrogen-bond donors (Lipinski definition) is 1. The second kappa shape index (κ2) is 8.73. The highest BCUT2D eigenvalue weighted by Gasteiger charge is 2.18. The molecule has 3 rings (SSSR count). The Morgan fingerprint density at radius 2 is 1.83 bits per heavy atom. The van der Waals surface area contributed by atoms with Gasteiger partial charge in [-0.3, -0.25) is 9.59 Å². The first-order valence-corrected chi connectivity index (χ1v) is 9.35. The van der Waals surface area contributed by atoms with Crippen LogP contribution in [0.5, 0.6) is 5.75 Å². The van der Waals surface area contributed by atoms with Crippen LogP contribution < -0.4 is 15.7 Å². The first-order valence-electron chi connectivity index (χ1n) is 9.35. The molecule has 0 aliphatic rings. The van der Waals surface area contributed by atoms with Crippen molar-refractivity contribution in [1.82, 2.24) is 5.32 Å². The van der Waals surface area contributed by atoms with Gasteiger partial charge in [0.25, 0.3) is 5.91 Å². The number of amides is 1. The van der Waals surface area contributed by atoms with Gasteiger partial charge in [0.05, 0.1) is 6.04 Å². The van der Waals surface area contributed by atoms with Crippen molar-refractivity contribution in [2.75, 3.05) is 6.61 Å². The van der Waals surface area contributed by atoms with Crippen LogP contribution in [0.1, 0.15) is 23.6 Å². The van der Waals surface area contributed by atoms with Gasteiger partial charge in [-0.1, -0.05) is 30.3 Å². The number of benzene rings is 2. The smallest absolute Gasteiger partial charge is 0.336 e. The van der Waals surface area contributed by atoms with Crippen molar-refractivity contribution >= 4 is 22.7 Å². The van der Waals surface area contributed by atoms with Crippen LogP contribution in [-0.4, -0.2) is 24.3 Å². The fraction of sp³-hybridized carbons (Fsp3) is 0.261. The van der Waals surface area contributed by atoms with Gasteiger partial charge in [0, 0.05) is 17.0 Å². The van der Waals surface area contributed by atoms with E-state index >= 15 is 0 Å². The Hall–Kier alpha value is -3.41. The molecule has 1 N–H and O–H groups in total. The summed E-state index contributed by atoms with van der Waals surface area (Å²) in [4.78, 5) is 35.9. The molecule has 2 aromatic carbocycles. The van der Waals surface area contributed by atoms with Gasteiger partial charge in [-0.05, 0) is 50.5 Å². The summed E-state index contributed by atoms with van der Waals surface area (Å²) in [6.45, 7) is 4.81. The van der Waals surface area contributed by atoms with Crippen molar-refractivity contribution < 1.29 is 18.7 Å². The zero-order chi connectivity index (χ0) is 21.0. The van der Waals surface area contributed by atoms with E-state index in [9.17, 15) is 14.4 Å². The number of carbonyl (C=O) groups is 2. The van der Waals surface area contributed by atoms with E-state index in [-0.39, 0.29) is 12.4 Å². The number of hydrogen-bond acceptors (Lipinski definition) is 5. The minimum absolute atomic E-state index is 0.124. The number of nitrogens with one attached hydrogen (secondary N) is 1. The summed E-state index contributed by atoms with van der Waals surface area (Å²) in [6.07, 6.45) is 0.418. The normalized spacial score (nSPS) is 11.8. The number of Topliss-reactive ketones (excluding diaryl/α,β-unsaturated/α-hetero) is 1. The summed E-state index contributed by atoms with van der Waals surface area (Å²) in [5.74, 6) is -0.0727. The summed E-state index contributed by atoms with van der Waals surface area (Å²) in [5.41, 5.74) is 2.43. The number of ether oxygens (including phenoxy) is 1. The number of rotatable bonds is 7. The average Bonchev–Trinajstić information content (AvgIpc) is 2.68. The monoisotopic (exact) mass is 393 g/mol. The van der Waals surface area contributed by atoms with Crippen molar-refractivity contribution in [3.63, 3.8) is 0 Å². The predicted octanol–water partition coefficient (Wildman–Crippen LogP) is 3.11. The van der Waals surface area contributed by atoms with Crippen molar-refractivity contribution in [2.45, 2.75) is 33.2 Å². The number of fused-ring (bicyclic) bond motifs is 1. The maximum Gasteiger partial charge on any atom is 0.336 e. The Balaban J connectivity index is 1.69. The number of ketones is 1. The van der Waals surface area contributed by atoms with Crippen LogP contribution in [0.2, 0.25) is 0 Å². The molecule has 0 aliphatic carbocycles. The van der Waals surface area contributed by atoms with Gasteiger partial charge in [-0.15, -0.1) is 0 Å². The molecular formula is C23H23NO5. The molecule has 1 heterocycles. The molecule has 0 fully saturated rings. The third-order valence-electron chi connectivity index (χ3n) is 4.79. The predicted molar refractivity (Wildman–Crippen MR) is 110 cm³/mol. The van der Waals surface area contributed by atoms with Gasteiger partial charge in [-0.2, -0.15) is 0 Å². The molecule has 0 spiro atoms. The van der Waals surface area contributed by atoms with Gasteiger partial charge < -0.3 is 14.5 Å². The van der Waals surface area contributed by atoms with E-state index in [2.05, 4.69) is 5.32 Å². The Bertz CT molecular complexity index is 1100. The average molecular weight is 393 g/mol. The summed E-state index contributed by atoms with van der Waals surface area (Å²) in [7, 11) is 0. The third-order valence-corrected chi connectivity index (χ3v) is 4.79. The third kappa shape index (κ3) is 4.90. The zero-order valence-electron chi connectivity index (χ0n) is 16.7. The Morgan fingerprint density at radius 1 is 1.10 bits per heavy atom. The first kappa shape index (κ1) is 20.3. The van der Waals surface area contributed by atoms with Crippen molar-refractivity contribution in [3.05, 3.63) is 75.6 Å². The van der Waals surface area contributed by atoms with Gasteiger partial charge in [-0.25, -0.2) is 4.79 Å². The summed E-state index contributed by atoms with van der Waals surface area (Å²) in [6, 6.07) is 13.8. The number of aryl methyl sites for hydroxylation is 2. The minimum Gasteiger partial charge on any atom is -0.483 e. The van der Waals surface area contributed by atoms with Crippen molar-refractivity contribution in [3.8, 4) is 5.75 Å². The van der Waals surface area contributed by atoms with Crippen LogP contribution in [0, 0.1) is 13.8 Å². The van der Waals surface area contributed by atoms with Crippen LogP contribution in [0.25, 0.3) is 11.0 Å². The minimum atomic E-state index is -0.619. The molecule has 1 atom stereocenters. The Morgan fingerprint density at radius 3 is 2.52 bits per heavy atom. The molecule has 6 nitrogen and oxygen atoms in total. The van der Waals surface area contributed by atoms with E-state index in [1.54, 1.807) is 19.1 Å². The molecule has 29 heavy (non-hydrogen) atoms. The van der Waals surface area contributed by atoms with Crippen molar-refractivity contribution in [1.29, 1.82) is 0 Å². The highest BCUT2D eigenvalue weighted by Crippen LogP contribution is 2.28. The Labute approximate surface area is 168 Å². The zero-order valence-corrected chi connectivity index (χ0v) is 16.7. The maximum atomic E-state index is 12.3. The van der Waals surface area contributed by atoms with E-state index in [4.69, 9.17) is 9.15 Å². The van der Waals surface area contributed by atoms with Gasteiger partial charge >= 0.3 is 5.63 Å². The lowest BCUT2D eigenvalue weighted by Crippen LogP contribution is -2.43. The molecule has 0 saturated heterocycles. The van der Waals surface area contributed by atoms with Crippen LogP contribution in [-0.2, 0) is 16.0 Å². The summed E-state index contributed by atoms with van der Waals surface area (Å²) < 4.78 is 10.9. The highest BCUT2D eigenvalue weighted by molar-refractivity contribution is 5.88. The lowest BCUT2D eigenvalue weighted by atomic mass is 10.0. The van der Waals surface area contributed by atoms with E-state index < -0.39 is 17.6 Å². The van der Waals surface area contributed by atoms with Gasteiger partial charge in [0.1, 0.15) is 11.3 Å². The molecule has 1 aromatic heterocycles. The highest BCUT2D eigenvalue weighted by atomic mass is 16.5. The molecule has 0 bridgehead atoms. The fourth-order valence-electron chi connectivity index (χ4n) is 3.18. The van der Waals surface area contributed by atoms with E-state index in [1.807, 2.05) is 37.3 Å². The largest absolute Gasteiger partial charge is 0.483 e. The van der Waals surface area contributed by atoms with Crippen LogP contribution in [0.4, 0.5) is 0 Å².